The molecular formula is C54H23BF28O2S. The second-order valence-corrected chi connectivity index (χ2v) is 19.4. The maximum atomic E-state index is 16.0. The smallest absolute Gasteiger partial charge is 0.416 e. The van der Waals surface area contributed by atoms with Gasteiger partial charge in [-0.25, -0.2) is 70.2 Å². The maximum Gasteiger partial charge on any atom is 0.416 e. The van der Waals surface area contributed by atoms with E-state index < -0.39 is 168 Å². The highest BCUT2D eigenvalue weighted by Crippen LogP contribution is 2.44. The molecule has 0 bridgehead atoms. The van der Waals surface area contributed by atoms with Gasteiger partial charge in [-0.3, -0.25) is 0 Å². The molecule has 0 aliphatic heterocycles. The van der Waals surface area contributed by atoms with Gasteiger partial charge < -0.3 is 9.47 Å². The molecule has 0 saturated carbocycles. The van der Waals surface area contributed by atoms with Gasteiger partial charge in [0.2, 0.25) is 4.90 Å². The molecule has 8 rings (SSSR count). The lowest BCUT2D eigenvalue weighted by Gasteiger charge is -2.49. The topological polar surface area (TPSA) is 18.5 Å². The molecular weight excluding hydrogens is 1260 g/mol. The molecule has 0 aromatic heterocycles. The Hall–Kier alpha value is -8.19. The molecule has 2 nitrogen and oxygen atoms in total. The molecule has 0 heterocycles. The number of alkyl halides is 12. The van der Waals surface area contributed by atoms with Gasteiger partial charge in [0.1, 0.15) is 59.3 Å². The van der Waals surface area contributed by atoms with Crippen molar-refractivity contribution in [2.24, 2.45) is 0 Å². The molecule has 0 spiro atoms. The number of ether oxygens (including phenoxy) is 2. The molecule has 0 N–H and O–H groups in total. The van der Waals surface area contributed by atoms with Gasteiger partial charge in [0.05, 0.1) is 22.3 Å². The van der Waals surface area contributed by atoms with Crippen LogP contribution in [-0.2, 0) is 35.6 Å². The van der Waals surface area contributed by atoms with Crippen LogP contribution in [0.1, 0.15) is 22.3 Å². The van der Waals surface area contributed by atoms with Crippen molar-refractivity contribution in [3.8, 4) is 11.5 Å². The molecule has 0 aliphatic rings. The monoisotopic (exact) mass is 1280 g/mol. The van der Waals surface area contributed by atoms with E-state index in [9.17, 15) is 87.8 Å². The zero-order valence-electron chi connectivity index (χ0n) is 41.3. The summed E-state index contributed by atoms with van der Waals surface area (Å²) in [5, 5.41) is 0. The van der Waals surface area contributed by atoms with Crippen molar-refractivity contribution >= 4 is 38.9 Å². The Morgan fingerprint density at radius 2 is 0.523 bits per heavy atom. The van der Waals surface area contributed by atoms with Crippen LogP contribution in [0.2, 0.25) is 0 Å². The number of para-hydroxylation sites is 2. The Balaban J connectivity index is 0.000000302. The van der Waals surface area contributed by atoms with Crippen molar-refractivity contribution in [3.05, 3.63) is 231 Å². The van der Waals surface area contributed by atoms with E-state index in [4.69, 9.17) is 9.47 Å². The highest BCUT2D eigenvalue weighted by atomic mass is 32.2. The SMILES string of the molecule is Fc1c(F)c(F)c(C(F)(F)F)c([B-](c2c(F)c(F)c(F)c(F)c2C(F)(F)F)(c2c(F)c(F)c(F)c(F)c2C(F)(F)F)c2c(F)c(F)c(F)c(F)c2C(F)(F)F)c1F.c1ccc(OCCOc2ccccc2[S+](c2ccccc2)c2ccccc2)cc1. The minimum Gasteiger partial charge on any atom is -0.490 e. The second kappa shape index (κ2) is 24.3. The summed E-state index contributed by atoms with van der Waals surface area (Å²) in [7, 11) is -0.233. The zero-order chi connectivity index (χ0) is 64.1. The molecule has 32 heteroatoms. The molecule has 0 unspecified atom stereocenters. The third kappa shape index (κ3) is 11.8. The quantitative estimate of drug-likeness (QED) is 0.0303. The van der Waals surface area contributed by atoms with Crippen molar-refractivity contribution < 1.29 is 132 Å². The molecule has 8 aromatic carbocycles. The van der Waals surface area contributed by atoms with Gasteiger partial charge in [-0.1, -0.05) is 66.7 Å². The minimum atomic E-state index is -8.89. The maximum absolute atomic E-state index is 16.0. The Kier molecular flexibility index (Phi) is 18.5. The number of benzene rings is 8. The molecule has 0 radical (unpaired) electrons. The fraction of sp³-hybridized carbons (Fsp3) is 0.111. The Labute approximate surface area is 465 Å². The summed E-state index contributed by atoms with van der Waals surface area (Å²) < 4.78 is 429. The van der Waals surface area contributed by atoms with E-state index in [0.717, 1.165) is 11.5 Å². The normalized spacial score (nSPS) is 12.4. The molecule has 0 fully saturated rings. The third-order valence-electron chi connectivity index (χ3n) is 12.5. The first-order chi connectivity index (χ1) is 40.0. The summed E-state index contributed by atoms with van der Waals surface area (Å²) in [5.41, 5.74) is -38.1. The minimum absolute atomic E-state index is 0.233. The number of hydrogen-bond donors (Lipinski definition) is 0. The van der Waals surface area contributed by atoms with Gasteiger partial charge in [0.15, 0.2) is 85.3 Å². The van der Waals surface area contributed by atoms with Gasteiger partial charge >= 0.3 is 24.7 Å². The molecule has 0 aliphatic carbocycles. The average molecular weight is 1280 g/mol. The summed E-state index contributed by atoms with van der Waals surface area (Å²) in [6, 6.07) is 39.4. The fourth-order valence-corrected chi connectivity index (χ4v) is 11.4. The first-order valence-electron chi connectivity index (χ1n) is 23.1. The van der Waals surface area contributed by atoms with Gasteiger partial charge in [0.25, 0.3) is 0 Å². The van der Waals surface area contributed by atoms with Gasteiger partial charge in [-0.05, 0) is 48.5 Å². The Morgan fingerprint density at radius 1 is 0.279 bits per heavy atom. The highest BCUT2D eigenvalue weighted by molar-refractivity contribution is 7.97. The third-order valence-corrected chi connectivity index (χ3v) is 14.7. The van der Waals surface area contributed by atoms with Crippen molar-refractivity contribution in [1.29, 1.82) is 0 Å². The van der Waals surface area contributed by atoms with Crippen LogP contribution in [0.5, 0.6) is 11.5 Å². The van der Waals surface area contributed by atoms with E-state index in [-0.39, 0.29) is 10.9 Å². The largest absolute Gasteiger partial charge is 0.490 e. The first kappa shape index (κ1) is 65.4. The van der Waals surface area contributed by atoms with Crippen molar-refractivity contribution in [1.82, 2.24) is 0 Å². The van der Waals surface area contributed by atoms with Crippen LogP contribution >= 0.6 is 0 Å². The van der Waals surface area contributed by atoms with Crippen LogP contribution in [0, 0.1) is 93.1 Å². The lowest BCUT2D eigenvalue weighted by molar-refractivity contribution is -0.140. The summed E-state index contributed by atoms with van der Waals surface area (Å²) in [6.45, 7) is 0.996. The molecule has 86 heavy (non-hydrogen) atoms. The fourth-order valence-electron chi connectivity index (χ4n) is 9.26. The Bertz CT molecular complexity index is 3480. The van der Waals surface area contributed by atoms with E-state index in [1.54, 1.807) is 0 Å². The van der Waals surface area contributed by atoms with E-state index in [1.807, 2.05) is 42.5 Å². The van der Waals surface area contributed by atoms with E-state index in [0.29, 0.717) is 13.2 Å². The van der Waals surface area contributed by atoms with Crippen LogP contribution in [-0.4, -0.2) is 19.4 Å². The van der Waals surface area contributed by atoms with E-state index >= 15 is 35.1 Å². The molecule has 456 valence electrons. The van der Waals surface area contributed by atoms with Crippen LogP contribution in [0.25, 0.3) is 0 Å². The summed E-state index contributed by atoms with van der Waals surface area (Å²) in [5.74, 6) is -68.0. The number of hydrogen-bond acceptors (Lipinski definition) is 2. The molecule has 0 amide bonds. The molecule has 8 aromatic rings. The van der Waals surface area contributed by atoms with Crippen LogP contribution in [0.15, 0.2) is 130 Å². The summed E-state index contributed by atoms with van der Waals surface area (Å²) >= 11 is 0. The lowest BCUT2D eigenvalue weighted by atomic mass is 9.11. The average Bonchev–Trinajstić information content (AvgIpc) is 0.671. The van der Waals surface area contributed by atoms with Gasteiger partial charge in [0, 0.05) is 0 Å². The second-order valence-electron chi connectivity index (χ2n) is 17.4. The predicted molar refractivity (Wildman–Crippen MR) is 248 cm³/mol. The van der Waals surface area contributed by atoms with Crippen molar-refractivity contribution in [3.63, 3.8) is 0 Å². The summed E-state index contributed by atoms with van der Waals surface area (Å²) in [4.78, 5) is 3.73. The lowest BCUT2D eigenvalue weighted by Crippen LogP contribution is -2.82. The first-order valence-corrected chi connectivity index (χ1v) is 24.3. The zero-order valence-corrected chi connectivity index (χ0v) is 42.1. The van der Waals surface area contributed by atoms with Crippen molar-refractivity contribution in [2.75, 3.05) is 13.2 Å². The van der Waals surface area contributed by atoms with Crippen LogP contribution < -0.4 is 31.3 Å². The summed E-state index contributed by atoms with van der Waals surface area (Å²) in [6.07, 6.45) is -39.5. The molecule has 0 atom stereocenters. The van der Waals surface area contributed by atoms with Crippen LogP contribution in [0.4, 0.5) is 123 Å². The van der Waals surface area contributed by atoms with Crippen LogP contribution in [0.3, 0.4) is 0 Å². The van der Waals surface area contributed by atoms with Crippen molar-refractivity contribution in [2.45, 2.75) is 39.4 Å². The number of halogens is 28. The Morgan fingerprint density at radius 3 is 0.814 bits per heavy atom. The van der Waals surface area contributed by atoms with Gasteiger partial charge in [-0.2, -0.15) is 52.7 Å². The highest BCUT2D eigenvalue weighted by Gasteiger charge is 2.60. The number of rotatable bonds is 12. The van der Waals surface area contributed by atoms with E-state index in [1.165, 1.54) is 14.7 Å². The van der Waals surface area contributed by atoms with E-state index in [2.05, 4.69) is 72.8 Å². The predicted octanol–water partition coefficient (Wildman–Crippen LogP) is 15.6. The standard InChI is InChI=1S/C28BF28.C26H23O2S/c30-9-1(25(46,47)48)5(13(34)21(42)17(9)38)29(6-2(26(49,50)51)10(31)18(39)22(43)14(6)35,7-3(27(52,53)54)11(32)19(40)23(44)15(7)36)8-4(28(55,56)57)12(33)20(41)24(45)16(8)37;1-4-12-22(13-5-1)27-20-21-28-25-18-10-11-19-26(25)29(23-14-6-2-7-15-23)24-16-8-3-9-17-24/h;1-19H,20-21H2/q-1;+1. The van der Waals surface area contributed by atoms with Gasteiger partial charge in [-0.15, -0.1) is 21.9 Å². The molecule has 0 saturated heterocycles.